The van der Waals surface area contributed by atoms with Crippen molar-refractivity contribution in [1.82, 2.24) is 15.3 Å². The number of nitro groups is 1. The van der Waals surface area contributed by atoms with Gasteiger partial charge in [0.15, 0.2) is 0 Å². The molecule has 0 aliphatic rings. The summed E-state index contributed by atoms with van der Waals surface area (Å²) in [5, 5.41) is 14.3. The van der Waals surface area contributed by atoms with Crippen molar-refractivity contribution in [2.45, 2.75) is 33.4 Å². The standard InChI is InChI=1S/C15H18N4O2/c1-10-4-5-13(6-15(10)19(20)21)12(3)17-9-14-8-16-11(2)7-18-14/h4-8,12,17H,9H2,1-3H3. The number of nitrogens with one attached hydrogen (secondary N) is 1. The van der Waals surface area contributed by atoms with E-state index in [2.05, 4.69) is 15.3 Å². The van der Waals surface area contributed by atoms with Gasteiger partial charge >= 0.3 is 0 Å². The van der Waals surface area contributed by atoms with Crippen molar-refractivity contribution in [2.24, 2.45) is 0 Å². The van der Waals surface area contributed by atoms with Crippen molar-refractivity contribution >= 4 is 5.69 Å². The number of rotatable bonds is 5. The Bertz CT molecular complexity index is 641. The molecule has 2 rings (SSSR count). The van der Waals surface area contributed by atoms with Gasteiger partial charge in [-0.1, -0.05) is 12.1 Å². The zero-order valence-corrected chi connectivity index (χ0v) is 12.3. The van der Waals surface area contributed by atoms with Gasteiger partial charge in [-0.15, -0.1) is 0 Å². The average molecular weight is 286 g/mol. The second-order valence-electron chi connectivity index (χ2n) is 5.05. The first-order valence-corrected chi connectivity index (χ1v) is 6.73. The van der Waals surface area contributed by atoms with Crippen LogP contribution in [0.1, 0.15) is 35.5 Å². The smallest absolute Gasteiger partial charge is 0.272 e. The van der Waals surface area contributed by atoms with Gasteiger partial charge in [0.2, 0.25) is 0 Å². The fourth-order valence-corrected chi connectivity index (χ4v) is 1.98. The minimum absolute atomic E-state index is 0.00703. The minimum Gasteiger partial charge on any atom is -0.305 e. The molecule has 1 atom stereocenters. The van der Waals surface area contributed by atoms with Crippen LogP contribution in [0.25, 0.3) is 0 Å². The molecular formula is C15H18N4O2. The van der Waals surface area contributed by atoms with Crippen LogP contribution in [0.4, 0.5) is 5.69 Å². The van der Waals surface area contributed by atoms with E-state index in [9.17, 15) is 10.1 Å². The highest BCUT2D eigenvalue weighted by Gasteiger charge is 2.14. The van der Waals surface area contributed by atoms with Gasteiger partial charge in [-0.05, 0) is 26.3 Å². The van der Waals surface area contributed by atoms with E-state index >= 15 is 0 Å². The number of aryl methyl sites for hydroxylation is 2. The molecule has 1 aromatic heterocycles. The molecule has 1 N–H and O–H groups in total. The fourth-order valence-electron chi connectivity index (χ4n) is 1.98. The second kappa shape index (κ2) is 6.41. The highest BCUT2D eigenvalue weighted by molar-refractivity contribution is 5.43. The number of hydrogen-bond donors (Lipinski definition) is 1. The maximum atomic E-state index is 11.0. The van der Waals surface area contributed by atoms with Gasteiger partial charge in [-0.25, -0.2) is 0 Å². The topological polar surface area (TPSA) is 81.0 Å². The Morgan fingerprint density at radius 1 is 1.29 bits per heavy atom. The van der Waals surface area contributed by atoms with Crippen LogP contribution in [-0.4, -0.2) is 14.9 Å². The molecule has 0 fully saturated rings. The summed E-state index contributed by atoms with van der Waals surface area (Å²) in [6, 6.07) is 5.29. The first-order chi connectivity index (χ1) is 9.97. The van der Waals surface area contributed by atoms with E-state index in [-0.39, 0.29) is 16.7 Å². The van der Waals surface area contributed by atoms with Crippen LogP contribution < -0.4 is 5.32 Å². The lowest BCUT2D eigenvalue weighted by atomic mass is 10.0. The molecule has 0 aliphatic carbocycles. The van der Waals surface area contributed by atoms with E-state index in [1.54, 1.807) is 31.5 Å². The Labute approximate surface area is 123 Å². The van der Waals surface area contributed by atoms with Crippen molar-refractivity contribution in [3.05, 3.63) is 63.2 Å². The zero-order valence-electron chi connectivity index (χ0n) is 12.3. The van der Waals surface area contributed by atoms with Crippen molar-refractivity contribution in [3.8, 4) is 0 Å². The van der Waals surface area contributed by atoms with E-state index in [1.165, 1.54) is 0 Å². The van der Waals surface area contributed by atoms with E-state index in [0.29, 0.717) is 12.1 Å². The van der Waals surface area contributed by atoms with Crippen LogP contribution >= 0.6 is 0 Å². The van der Waals surface area contributed by atoms with Crippen molar-refractivity contribution < 1.29 is 4.92 Å². The maximum absolute atomic E-state index is 11.0. The summed E-state index contributed by atoms with van der Waals surface area (Å²) in [5.41, 5.74) is 3.42. The quantitative estimate of drug-likeness (QED) is 0.675. The van der Waals surface area contributed by atoms with Crippen molar-refractivity contribution in [3.63, 3.8) is 0 Å². The van der Waals surface area contributed by atoms with Crippen LogP contribution in [0, 0.1) is 24.0 Å². The van der Waals surface area contributed by atoms with Crippen molar-refractivity contribution in [1.29, 1.82) is 0 Å². The Kier molecular flexibility index (Phi) is 4.59. The monoisotopic (exact) mass is 286 g/mol. The Balaban J connectivity index is 2.06. The molecular weight excluding hydrogens is 268 g/mol. The molecule has 0 saturated carbocycles. The number of nitro benzene ring substituents is 1. The molecule has 1 heterocycles. The molecule has 0 spiro atoms. The van der Waals surface area contributed by atoms with Gasteiger partial charge < -0.3 is 5.32 Å². The van der Waals surface area contributed by atoms with Gasteiger partial charge in [0, 0.05) is 36.6 Å². The summed E-state index contributed by atoms with van der Waals surface area (Å²) < 4.78 is 0. The van der Waals surface area contributed by atoms with Crippen molar-refractivity contribution in [2.75, 3.05) is 0 Å². The highest BCUT2D eigenvalue weighted by atomic mass is 16.6. The van der Waals surface area contributed by atoms with Crippen LogP contribution in [0.2, 0.25) is 0 Å². The van der Waals surface area contributed by atoms with E-state index in [0.717, 1.165) is 17.0 Å². The molecule has 2 aromatic rings. The first kappa shape index (κ1) is 15.1. The molecule has 0 saturated heterocycles. The molecule has 6 nitrogen and oxygen atoms in total. The fraction of sp³-hybridized carbons (Fsp3) is 0.333. The summed E-state index contributed by atoms with van der Waals surface area (Å²) in [4.78, 5) is 19.1. The number of benzene rings is 1. The van der Waals surface area contributed by atoms with Gasteiger partial charge in [0.05, 0.1) is 16.3 Å². The SMILES string of the molecule is Cc1cnc(CNC(C)c2ccc(C)c([N+](=O)[O-])c2)cn1. The minimum atomic E-state index is -0.350. The molecule has 1 unspecified atom stereocenters. The van der Waals surface area contributed by atoms with Gasteiger partial charge in [-0.3, -0.25) is 20.1 Å². The molecule has 0 aliphatic heterocycles. The van der Waals surface area contributed by atoms with Gasteiger partial charge in [0.25, 0.3) is 5.69 Å². The summed E-state index contributed by atoms with van der Waals surface area (Å²) in [6.45, 7) is 6.16. The Hall–Kier alpha value is -2.34. The summed E-state index contributed by atoms with van der Waals surface area (Å²) >= 11 is 0. The van der Waals surface area contributed by atoms with Gasteiger partial charge in [0.1, 0.15) is 0 Å². The summed E-state index contributed by atoms with van der Waals surface area (Å²) in [7, 11) is 0. The molecule has 6 heteroatoms. The van der Waals surface area contributed by atoms with E-state index in [4.69, 9.17) is 0 Å². The zero-order chi connectivity index (χ0) is 15.4. The number of hydrogen-bond acceptors (Lipinski definition) is 5. The Morgan fingerprint density at radius 3 is 2.67 bits per heavy atom. The molecule has 0 radical (unpaired) electrons. The highest BCUT2D eigenvalue weighted by Crippen LogP contribution is 2.23. The number of nitrogens with zero attached hydrogens (tertiary/aromatic N) is 3. The summed E-state index contributed by atoms with van der Waals surface area (Å²) in [5.74, 6) is 0. The molecule has 0 amide bonds. The Morgan fingerprint density at radius 2 is 2.05 bits per heavy atom. The summed E-state index contributed by atoms with van der Waals surface area (Å²) in [6.07, 6.45) is 3.45. The number of aromatic nitrogens is 2. The largest absolute Gasteiger partial charge is 0.305 e. The molecule has 1 aromatic carbocycles. The molecule has 110 valence electrons. The van der Waals surface area contributed by atoms with E-state index in [1.807, 2.05) is 19.9 Å². The van der Waals surface area contributed by atoms with E-state index < -0.39 is 0 Å². The second-order valence-corrected chi connectivity index (χ2v) is 5.05. The maximum Gasteiger partial charge on any atom is 0.272 e. The lowest BCUT2D eigenvalue weighted by Gasteiger charge is -2.14. The third kappa shape index (κ3) is 3.82. The predicted octanol–water partition coefficient (Wildman–Crippen LogP) is 2.85. The molecule has 21 heavy (non-hydrogen) atoms. The third-order valence-corrected chi connectivity index (χ3v) is 3.35. The first-order valence-electron chi connectivity index (χ1n) is 6.73. The third-order valence-electron chi connectivity index (χ3n) is 3.35. The van der Waals surface area contributed by atoms with Crippen LogP contribution in [0.5, 0.6) is 0 Å². The average Bonchev–Trinajstić information content (AvgIpc) is 2.46. The van der Waals surface area contributed by atoms with Crippen LogP contribution in [0.15, 0.2) is 30.6 Å². The lowest BCUT2D eigenvalue weighted by Crippen LogP contribution is -2.19. The lowest BCUT2D eigenvalue weighted by molar-refractivity contribution is -0.385. The van der Waals surface area contributed by atoms with Crippen LogP contribution in [-0.2, 0) is 6.54 Å². The normalized spacial score (nSPS) is 12.1. The molecule has 0 bridgehead atoms. The van der Waals surface area contributed by atoms with Gasteiger partial charge in [-0.2, -0.15) is 0 Å². The van der Waals surface area contributed by atoms with Crippen LogP contribution in [0.3, 0.4) is 0 Å². The predicted molar refractivity (Wildman–Crippen MR) is 79.9 cm³/mol.